The number of nitrogens with zero attached hydrogens (tertiary/aromatic N) is 1. The molecule has 1 rings (SSSR count). The minimum atomic E-state index is -4.70. The van der Waals surface area contributed by atoms with Crippen molar-refractivity contribution in [3.63, 3.8) is 0 Å². The maximum atomic E-state index is 11.6. The Morgan fingerprint density at radius 1 is 1.29 bits per heavy atom. The fourth-order valence-electron chi connectivity index (χ4n) is 1.51. The molecule has 1 aromatic rings. The summed E-state index contributed by atoms with van der Waals surface area (Å²) in [6.45, 7) is 0.368. The number of hydrogen-bond acceptors (Lipinski definition) is 7. The summed E-state index contributed by atoms with van der Waals surface area (Å²) in [5.41, 5.74) is -1.26. The molecule has 0 aliphatic carbocycles. The summed E-state index contributed by atoms with van der Waals surface area (Å²) in [6, 6.07) is 0. The second kappa shape index (κ2) is 8.21. The predicted molar refractivity (Wildman–Crippen MR) is 81.1 cm³/mol. The van der Waals surface area contributed by atoms with Crippen molar-refractivity contribution in [1.29, 1.82) is 0 Å². The predicted octanol–water partition coefficient (Wildman–Crippen LogP) is -1.99. The van der Waals surface area contributed by atoms with E-state index in [2.05, 4.69) is 0 Å². The summed E-state index contributed by atoms with van der Waals surface area (Å²) >= 11 is 0. The number of ether oxygens (including phenoxy) is 1. The molecule has 0 saturated carbocycles. The van der Waals surface area contributed by atoms with E-state index in [1.165, 1.54) is 6.92 Å². The third kappa shape index (κ3) is 7.10. The minimum absolute atomic E-state index is 0.192. The van der Waals surface area contributed by atoms with Crippen LogP contribution in [0.3, 0.4) is 0 Å². The van der Waals surface area contributed by atoms with Crippen molar-refractivity contribution in [3.8, 4) is 0 Å². The van der Waals surface area contributed by atoms with Crippen LogP contribution in [0.1, 0.15) is 5.56 Å². The fraction of sp³-hybridized carbons (Fsp3) is 0.600. The van der Waals surface area contributed by atoms with Gasteiger partial charge in [-0.3, -0.25) is 18.9 Å². The molecule has 0 amide bonds. The molecule has 0 aromatic carbocycles. The van der Waals surface area contributed by atoms with Gasteiger partial charge in [0.1, 0.15) is 25.0 Å². The van der Waals surface area contributed by atoms with E-state index in [1.54, 1.807) is 0 Å². The van der Waals surface area contributed by atoms with Crippen molar-refractivity contribution in [1.82, 2.24) is 9.71 Å². The highest BCUT2D eigenvalue weighted by molar-refractivity contribution is 7.72. The second-order valence-corrected chi connectivity index (χ2v) is 9.36. The lowest BCUT2D eigenvalue weighted by molar-refractivity contribution is -0.0360. The number of aromatic amines is 1. The van der Waals surface area contributed by atoms with Gasteiger partial charge >= 0.3 is 13.3 Å². The molecular weight excluding hydrogens is 370 g/mol. The van der Waals surface area contributed by atoms with Gasteiger partial charge in [0.25, 0.3) is 5.56 Å². The lowest BCUT2D eigenvalue weighted by Gasteiger charge is -2.19. The smallest absolute Gasteiger partial charge is 0.361 e. The fourth-order valence-corrected chi connectivity index (χ4v) is 4.58. The third-order valence-corrected chi connectivity index (χ3v) is 6.40. The van der Waals surface area contributed by atoms with Crippen molar-refractivity contribution < 1.29 is 38.5 Å². The molecular formula is C10H18N2O10P2. The molecule has 0 radical (unpaired) electrons. The van der Waals surface area contributed by atoms with Crippen molar-refractivity contribution in [2.24, 2.45) is 0 Å². The average molecular weight is 388 g/mol. The Bertz CT molecular complexity index is 766. The van der Waals surface area contributed by atoms with Crippen molar-refractivity contribution in [2.75, 3.05) is 25.5 Å². The Hall–Kier alpha value is -1.26. The van der Waals surface area contributed by atoms with Crippen LogP contribution >= 0.6 is 15.0 Å². The molecule has 24 heavy (non-hydrogen) atoms. The van der Waals surface area contributed by atoms with Crippen molar-refractivity contribution in [3.05, 3.63) is 32.6 Å². The zero-order chi connectivity index (χ0) is 18.5. The summed E-state index contributed by atoms with van der Waals surface area (Å²) in [7, 11) is -8.97. The van der Waals surface area contributed by atoms with Gasteiger partial charge in [-0.2, -0.15) is 0 Å². The van der Waals surface area contributed by atoms with Gasteiger partial charge < -0.3 is 29.4 Å². The number of aryl methyl sites for hydroxylation is 1. The summed E-state index contributed by atoms with van der Waals surface area (Å²) in [6.07, 6.45) is -0.937. The van der Waals surface area contributed by atoms with Crippen LogP contribution in [0.2, 0.25) is 0 Å². The molecule has 0 bridgehead atoms. The minimum Gasteiger partial charge on any atom is -0.407 e. The summed E-state index contributed by atoms with van der Waals surface area (Å²) in [5, 5.41) is 9.13. The lowest BCUT2D eigenvalue weighted by atomic mass is 10.4. The van der Waals surface area contributed by atoms with Crippen LogP contribution in [0.15, 0.2) is 15.8 Å². The number of aliphatic hydroxyl groups is 1. The first kappa shape index (κ1) is 20.8. The van der Waals surface area contributed by atoms with Crippen molar-refractivity contribution in [2.45, 2.75) is 13.0 Å². The molecule has 14 heteroatoms. The van der Waals surface area contributed by atoms with Crippen LogP contribution in [-0.4, -0.2) is 61.1 Å². The quantitative estimate of drug-likeness (QED) is 0.296. The zero-order valence-electron chi connectivity index (χ0n) is 12.6. The topological polar surface area (TPSA) is 188 Å². The van der Waals surface area contributed by atoms with Crippen LogP contribution in [-0.2, 0) is 13.9 Å². The van der Waals surface area contributed by atoms with E-state index in [9.17, 15) is 23.6 Å². The van der Waals surface area contributed by atoms with Crippen LogP contribution in [0.4, 0.5) is 0 Å². The first-order valence-corrected chi connectivity index (χ1v) is 10.3. The number of rotatable bonds is 9. The highest BCUT2D eigenvalue weighted by Gasteiger charge is 2.30. The van der Waals surface area contributed by atoms with E-state index in [0.717, 1.165) is 6.20 Å². The standard InChI is InChI=1S/C10H18N2O10P2/c1-7-2-12(10(15)11-9(7)14)22-4-8(3-13)21-5-23(16,17)6-24(18,19)20/h2,8,13H,3-6H2,1H3,(H,16,17)(H,11,14,15)(H2,18,19,20). The maximum Gasteiger partial charge on any atom is 0.361 e. The van der Waals surface area contributed by atoms with Gasteiger partial charge in [0.05, 0.1) is 12.8 Å². The van der Waals surface area contributed by atoms with Gasteiger partial charge in [0.2, 0.25) is 7.37 Å². The Labute approximate surface area is 135 Å². The molecule has 1 heterocycles. The molecule has 0 aliphatic rings. The number of aliphatic hydroxyl groups excluding tert-OH is 1. The Morgan fingerprint density at radius 2 is 1.92 bits per heavy atom. The summed E-state index contributed by atoms with van der Waals surface area (Å²) in [4.78, 5) is 56.5. The third-order valence-electron chi connectivity index (χ3n) is 2.61. The number of aromatic nitrogens is 2. The molecule has 0 spiro atoms. The van der Waals surface area contributed by atoms with Gasteiger partial charge in [0, 0.05) is 5.56 Å². The largest absolute Gasteiger partial charge is 0.407 e. The summed E-state index contributed by atoms with van der Waals surface area (Å²) < 4.78 is 27.9. The number of H-pyrrole nitrogens is 1. The van der Waals surface area contributed by atoms with Gasteiger partial charge in [-0.05, 0) is 6.92 Å². The van der Waals surface area contributed by atoms with E-state index in [1.807, 2.05) is 4.98 Å². The maximum absolute atomic E-state index is 11.6. The van der Waals surface area contributed by atoms with Crippen LogP contribution in [0.5, 0.6) is 0 Å². The average Bonchev–Trinajstić information content (AvgIpc) is 2.41. The summed E-state index contributed by atoms with van der Waals surface area (Å²) in [5.74, 6) is -1.25. The van der Waals surface area contributed by atoms with E-state index in [0.29, 0.717) is 4.73 Å². The lowest BCUT2D eigenvalue weighted by Crippen LogP contribution is -2.38. The van der Waals surface area contributed by atoms with Gasteiger partial charge in [-0.15, -0.1) is 4.73 Å². The normalized spacial score (nSPS) is 15.7. The number of hydrogen-bond donors (Lipinski definition) is 5. The van der Waals surface area contributed by atoms with Crippen LogP contribution in [0.25, 0.3) is 0 Å². The number of nitrogens with one attached hydrogen (secondary N) is 1. The molecule has 5 N–H and O–H groups in total. The van der Waals surface area contributed by atoms with E-state index >= 15 is 0 Å². The van der Waals surface area contributed by atoms with Gasteiger partial charge in [-0.25, -0.2) is 4.79 Å². The Morgan fingerprint density at radius 3 is 2.46 bits per heavy atom. The molecule has 2 unspecified atom stereocenters. The molecule has 0 saturated heterocycles. The zero-order valence-corrected chi connectivity index (χ0v) is 14.4. The van der Waals surface area contributed by atoms with E-state index < -0.39 is 57.8 Å². The molecule has 2 atom stereocenters. The van der Waals surface area contributed by atoms with E-state index in [4.69, 9.17) is 24.5 Å². The van der Waals surface area contributed by atoms with Crippen molar-refractivity contribution >= 4 is 15.0 Å². The first-order valence-electron chi connectivity index (χ1n) is 6.47. The Kier molecular flexibility index (Phi) is 7.11. The Balaban J connectivity index is 2.65. The van der Waals surface area contributed by atoms with Crippen LogP contribution < -0.4 is 16.1 Å². The van der Waals surface area contributed by atoms with Gasteiger partial charge in [0.15, 0.2) is 0 Å². The first-order chi connectivity index (χ1) is 10.9. The van der Waals surface area contributed by atoms with Gasteiger partial charge in [-0.1, -0.05) is 0 Å². The second-order valence-electron chi connectivity index (χ2n) is 4.95. The van der Waals surface area contributed by atoms with E-state index in [-0.39, 0.29) is 5.56 Å². The highest BCUT2D eigenvalue weighted by atomic mass is 31.2. The molecule has 12 nitrogen and oxygen atoms in total. The SMILES string of the molecule is Cc1cn(OCC(CO)OCP(=O)(O)CP(=O)(O)O)c(=O)[nH]c1=O. The monoisotopic (exact) mass is 388 g/mol. The highest BCUT2D eigenvalue weighted by Crippen LogP contribution is 2.54. The molecule has 138 valence electrons. The molecule has 0 fully saturated rings. The molecule has 1 aromatic heterocycles. The molecule has 0 aliphatic heterocycles. The van der Waals surface area contributed by atoms with Crippen LogP contribution in [0, 0.1) is 6.92 Å².